The Morgan fingerprint density at radius 2 is 1.76 bits per heavy atom. The third-order valence-corrected chi connectivity index (χ3v) is 4.62. The number of amides is 3. The van der Waals surface area contributed by atoms with Gasteiger partial charge in [0.1, 0.15) is 0 Å². The van der Waals surface area contributed by atoms with E-state index in [1.165, 1.54) is 36.1 Å². The Kier molecular flexibility index (Phi) is 5.59. The number of benzene rings is 2. The molecular weight excluding hydrogens is 372 g/mol. The Morgan fingerprint density at radius 1 is 1.10 bits per heavy atom. The molecule has 0 spiro atoms. The van der Waals surface area contributed by atoms with Gasteiger partial charge in [0.15, 0.2) is 6.10 Å². The van der Waals surface area contributed by atoms with Crippen molar-refractivity contribution in [3.05, 3.63) is 77.9 Å². The molecule has 1 heterocycles. The predicted octanol–water partition coefficient (Wildman–Crippen LogP) is 2.68. The number of anilines is 1. The van der Waals surface area contributed by atoms with Gasteiger partial charge in [0.2, 0.25) is 0 Å². The minimum atomic E-state index is -1.03. The van der Waals surface area contributed by atoms with Crippen LogP contribution in [0.4, 0.5) is 5.69 Å². The van der Waals surface area contributed by atoms with E-state index in [0.29, 0.717) is 5.69 Å². The monoisotopic (exact) mass is 392 g/mol. The molecule has 2 aromatic rings. The highest BCUT2D eigenvalue weighted by Crippen LogP contribution is 2.24. The molecule has 0 aliphatic carbocycles. The summed E-state index contributed by atoms with van der Waals surface area (Å²) in [6.07, 6.45) is 0.420. The highest BCUT2D eigenvalue weighted by Gasteiger charge is 2.35. The van der Waals surface area contributed by atoms with Gasteiger partial charge in [0, 0.05) is 19.3 Å². The molecule has 0 saturated carbocycles. The molecule has 0 saturated heterocycles. The van der Waals surface area contributed by atoms with Crippen molar-refractivity contribution in [3.63, 3.8) is 0 Å². The molecule has 1 aliphatic heterocycles. The van der Waals surface area contributed by atoms with Crippen molar-refractivity contribution < 1.29 is 23.9 Å². The number of esters is 1. The van der Waals surface area contributed by atoms with E-state index in [0.717, 1.165) is 4.90 Å². The summed E-state index contributed by atoms with van der Waals surface area (Å²) in [5, 5.41) is 0. The van der Waals surface area contributed by atoms with E-state index >= 15 is 0 Å². The summed E-state index contributed by atoms with van der Waals surface area (Å²) in [5.74, 6) is -2.07. The second-order valence-corrected chi connectivity index (χ2v) is 6.55. The minimum absolute atomic E-state index is 0.0868. The zero-order valence-electron chi connectivity index (χ0n) is 16.1. The molecule has 2 aromatic carbocycles. The number of likely N-dealkylation sites (N-methyl/N-ethyl adjacent to an activating group) is 1. The summed E-state index contributed by atoms with van der Waals surface area (Å²) >= 11 is 0. The SMILES string of the molecule is C=CCN1C(=O)c2ccc(C(=O)OC(C)C(=O)N(C)c3ccccc3)cc2C1=O. The Hall–Kier alpha value is -3.74. The summed E-state index contributed by atoms with van der Waals surface area (Å²) in [6, 6.07) is 13.1. The van der Waals surface area contributed by atoms with Crippen molar-refractivity contribution in [2.45, 2.75) is 13.0 Å². The number of rotatable bonds is 6. The first-order chi connectivity index (χ1) is 13.8. The fraction of sp³-hybridized carbons (Fsp3) is 0.182. The van der Waals surface area contributed by atoms with Crippen LogP contribution in [0, 0.1) is 0 Å². The van der Waals surface area contributed by atoms with Crippen molar-refractivity contribution in [1.29, 1.82) is 0 Å². The van der Waals surface area contributed by atoms with Gasteiger partial charge in [-0.05, 0) is 37.3 Å². The van der Waals surface area contributed by atoms with E-state index in [4.69, 9.17) is 4.74 Å². The van der Waals surface area contributed by atoms with Crippen LogP contribution in [0.3, 0.4) is 0 Å². The van der Waals surface area contributed by atoms with Crippen molar-refractivity contribution in [1.82, 2.24) is 4.90 Å². The topological polar surface area (TPSA) is 84.0 Å². The molecule has 0 aromatic heterocycles. The minimum Gasteiger partial charge on any atom is -0.449 e. The van der Waals surface area contributed by atoms with E-state index in [-0.39, 0.29) is 23.2 Å². The second-order valence-electron chi connectivity index (χ2n) is 6.55. The fourth-order valence-electron chi connectivity index (χ4n) is 3.04. The van der Waals surface area contributed by atoms with Crippen molar-refractivity contribution in [2.24, 2.45) is 0 Å². The lowest BCUT2D eigenvalue weighted by Crippen LogP contribution is -2.37. The van der Waals surface area contributed by atoms with Crippen LogP contribution >= 0.6 is 0 Å². The van der Waals surface area contributed by atoms with Crippen LogP contribution in [0.2, 0.25) is 0 Å². The lowest BCUT2D eigenvalue weighted by molar-refractivity contribution is -0.126. The van der Waals surface area contributed by atoms with Crippen LogP contribution in [0.25, 0.3) is 0 Å². The van der Waals surface area contributed by atoms with Crippen molar-refractivity contribution in [2.75, 3.05) is 18.5 Å². The summed E-state index contributed by atoms with van der Waals surface area (Å²) in [6.45, 7) is 5.10. The molecule has 148 valence electrons. The summed E-state index contributed by atoms with van der Waals surface area (Å²) < 4.78 is 5.28. The van der Waals surface area contributed by atoms with Gasteiger partial charge < -0.3 is 9.64 Å². The third-order valence-electron chi connectivity index (χ3n) is 4.62. The Morgan fingerprint density at radius 3 is 2.41 bits per heavy atom. The Labute approximate surface area is 168 Å². The highest BCUT2D eigenvalue weighted by molar-refractivity contribution is 6.22. The molecule has 0 bridgehead atoms. The van der Waals surface area contributed by atoms with Gasteiger partial charge in [0.05, 0.1) is 16.7 Å². The maximum atomic E-state index is 12.5. The maximum Gasteiger partial charge on any atom is 0.338 e. The standard InChI is InChI=1S/C22H20N2O5/c1-4-12-24-20(26)17-11-10-15(13-18(17)21(24)27)22(28)29-14(2)19(25)23(3)16-8-6-5-7-9-16/h4-11,13-14H,1,12H2,2-3H3. The lowest BCUT2D eigenvalue weighted by Gasteiger charge is -2.21. The summed E-state index contributed by atoms with van der Waals surface area (Å²) in [4.78, 5) is 52.1. The average Bonchev–Trinajstić information content (AvgIpc) is 2.97. The molecule has 0 radical (unpaired) electrons. The largest absolute Gasteiger partial charge is 0.449 e. The molecule has 1 atom stereocenters. The van der Waals surface area contributed by atoms with Crippen LogP contribution in [-0.4, -0.2) is 48.3 Å². The lowest BCUT2D eigenvalue weighted by atomic mass is 10.1. The molecule has 7 nitrogen and oxygen atoms in total. The van der Waals surface area contributed by atoms with Gasteiger partial charge in [-0.3, -0.25) is 19.3 Å². The van der Waals surface area contributed by atoms with Gasteiger partial charge in [-0.15, -0.1) is 6.58 Å². The van der Waals surface area contributed by atoms with Crippen molar-refractivity contribution in [3.8, 4) is 0 Å². The van der Waals surface area contributed by atoms with Crippen LogP contribution in [-0.2, 0) is 9.53 Å². The second kappa shape index (κ2) is 8.10. The van der Waals surface area contributed by atoms with E-state index in [9.17, 15) is 19.2 Å². The number of hydrogen-bond donors (Lipinski definition) is 0. The van der Waals surface area contributed by atoms with E-state index in [2.05, 4.69) is 6.58 Å². The number of carbonyl (C=O) groups is 4. The number of carbonyl (C=O) groups excluding carboxylic acids is 4. The number of ether oxygens (including phenoxy) is 1. The third kappa shape index (κ3) is 3.80. The fourth-order valence-corrected chi connectivity index (χ4v) is 3.04. The van der Waals surface area contributed by atoms with Crippen LogP contribution in [0.15, 0.2) is 61.2 Å². The molecule has 3 rings (SSSR count). The van der Waals surface area contributed by atoms with Gasteiger partial charge in [0.25, 0.3) is 17.7 Å². The zero-order valence-corrected chi connectivity index (χ0v) is 16.1. The quantitative estimate of drug-likeness (QED) is 0.429. The number of imide groups is 1. The summed E-state index contributed by atoms with van der Waals surface area (Å²) in [5.41, 5.74) is 1.12. The number of fused-ring (bicyclic) bond motifs is 1. The molecular formula is C22H20N2O5. The van der Waals surface area contributed by atoms with Gasteiger partial charge in [-0.25, -0.2) is 4.79 Å². The van der Waals surface area contributed by atoms with E-state index < -0.39 is 29.8 Å². The van der Waals surface area contributed by atoms with Crippen LogP contribution in [0.1, 0.15) is 38.0 Å². The number of para-hydroxylation sites is 1. The average molecular weight is 392 g/mol. The predicted molar refractivity (Wildman–Crippen MR) is 107 cm³/mol. The first-order valence-corrected chi connectivity index (χ1v) is 9.00. The van der Waals surface area contributed by atoms with Crippen molar-refractivity contribution >= 4 is 29.4 Å². The number of nitrogens with zero attached hydrogens (tertiary/aromatic N) is 2. The number of hydrogen-bond acceptors (Lipinski definition) is 5. The Bertz CT molecular complexity index is 1000. The smallest absolute Gasteiger partial charge is 0.338 e. The molecule has 1 unspecified atom stereocenters. The van der Waals surface area contributed by atoms with Gasteiger partial charge in [-0.2, -0.15) is 0 Å². The first kappa shape index (κ1) is 20.0. The normalized spacial score (nSPS) is 13.7. The molecule has 0 N–H and O–H groups in total. The molecule has 29 heavy (non-hydrogen) atoms. The summed E-state index contributed by atoms with van der Waals surface area (Å²) in [7, 11) is 1.59. The maximum absolute atomic E-state index is 12.5. The molecule has 0 fully saturated rings. The van der Waals surface area contributed by atoms with E-state index in [1.807, 2.05) is 6.07 Å². The highest BCUT2D eigenvalue weighted by atomic mass is 16.5. The van der Waals surface area contributed by atoms with Gasteiger partial charge in [-0.1, -0.05) is 24.3 Å². The van der Waals surface area contributed by atoms with Gasteiger partial charge >= 0.3 is 5.97 Å². The van der Waals surface area contributed by atoms with Crippen LogP contribution in [0.5, 0.6) is 0 Å². The Balaban J connectivity index is 1.74. The molecule has 3 amide bonds. The van der Waals surface area contributed by atoms with E-state index in [1.54, 1.807) is 31.3 Å². The molecule has 7 heteroatoms. The molecule has 1 aliphatic rings. The first-order valence-electron chi connectivity index (χ1n) is 9.00. The van der Waals surface area contributed by atoms with Crippen LogP contribution < -0.4 is 4.90 Å². The zero-order chi connectivity index (χ0) is 21.1.